The standard InChI is InChI=1S/C12H16N6OS/c1-2-3-9-14-8(13)6-10(15-9)20-12-17-16-11(19)18(12)7-4-5-7/h6-7H,2-5H2,1H3,(H,16,19)(H2,13,14,15). The summed E-state index contributed by atoms with van der Waals surface area (Å²) in [4.78, 5) is 20.4. The van der Waals surface area contributed by atoms with Gasteiger partial charge in [0.1, 0.15) is 16.7 Å². The fourth-order valence-corrected chi connectivity index (χ4v) is 2.93. The summed E-state index contributed by atoms with van der Waals surface area (Å²) in [6.07, 6.45) is 3.80. The first-order chi connectivity index (χ1) is 9.67. The normalized spacial score (nSPS) is 14.7. The maximum atomic E-state index is 11.7. The third-order valence-electron chi connectivity index (χ3n) is 3.02. The Bertz CT molecular complexity index is 675. The molecule has 0 bridgehead atoms. The summed E-state index contributed by atoms with van der Waals surface area (Å²) in [5, 5.41) is 7.92. The van der Waals surface area contributed by atoms with E-state index < -0.39 is 0 Å². The van der Waals surface area contributed by atoms with E-state index in [0.29, 0.717) is 11.0 Å². The van der Waals surface area contributed by atoms with Gasteiger partial charge in [0.2, 0.25) is 0 Å². The summed E-state index contributed by atoms with van der Waals surface area (Å²) >= 11 is 1.35. The van der Waals surface area contributed by atoms with Crippen molar-refractivity contribution >= 4 is 17.6 Å². The van der Waals surface area contributed by atoms with Crippen LogP contribution in [0.3, 0.4) is 0 Å². The molecule has 0 aromatic carbocycles. The molecule has 1 saturated carbocycles. The summed E-state index contributed by atoms with van der Waals surface area (Å²) in [6.45, 7) is 2.07. The van der Waals surface area contributed by atoms with Crippen molar-refractivity contribution < 1.29 is 0 Å². The molecule has 8 heteroatoms. The maximum absolute atomic E-state index is 11.7. The number of H-pyrrole nitrogens is 1. The number of nitrogens with zero attached hydrogens (tertiary/aromatic N) is 4. The van der Waals surface area contributed by atoms with E-state index >= 15 is 0 Å². The van der Waals surface area contributed by atoms with Crippen LogP contribution >= 0.6 is 11.8 Å². The molecule has 3 rings (SSSR count). The third-order valence-corrected chi connectivity index (χ3v) is 3.91. The number of hydrogen-bond donors (Lipinski definition) is 2. The SMILES string of the molecule is CCCc1nc(N)cc(Sc2n[nH]c(=O)n2C2CC2)n1. The van der Waals surface area contributed by atoms with Crippen molar-refractivity contribution in [2.75, 3.05) is 5.73 Å². The van der Waals surface area contributed by atoms with Crippen LogP contribution < -0.4 is 11.4 Å². The van der Waals surface area contributed by atoms with Crippen LogP contribution in [-0.4, -0.2) is 24.7 Å². The Hall–Kier alpha value is -1.83. The first-order valence-electron chi connectivity index (χ1n) is 6.65. The highest BCUT2D eigenvalue weighted by Crippen LogP contribution is 2.37. The van der Waals surface area contributed by atoms with E-state index in [4.69, 9.17) is 5.73 Å². The molecule has 0 unspecified atom stereocenters. The van der Waals surface area contributed by atoms with Gasteiger partial charge in [0.05, 0.1) is 0 Å². The highest BCUT2D eigenvalue weighted by Gasteiger charge is 2.29. The van der Waals surface area contributed by atoms with Crippen LogP contribution in [-0.2, 0) is 6.42 Å². The molecule has 1 aliphatic carbocycles. The Balaban J connectivity index is 1.89. The molecule has 1 aliphatic rings. The second-order valence-corrected chi connectivity index (χ2v) is 5.80. The average molecular weight is 292 g/mol. The van der Waals surface area contributed by atoms with E-state index in [9.17, 15) is 4.79 Å². The Kier molecular flexibility index (Phi) is 3.47. The highest BCUT2D eigenvalue weighted by atomic mass is 32.2. The van der Waals surface area contributed by atoms with Gasteiger partial charge in [-0.05, 0) is 31.0 Å². The molecule has 20 heavy (non-hydrogen) atoms. The molecule has 0 aliphatic heterocycles. The molecule has 7 nitrogen and oxygen atoms in total. The van der Waals surface area contributed by atoms with E-state index in [1.54, 1.807) is 10.6 Å². The number of nitrogens with two attached hydrogens (primary N) is 1. The van der Waals surface area contributed by atoms with Crippen LogP contribution in [0.2, 0.25) is 0 Å². The summed E-state index contributed by atoms with van der Waals surface area (Å²) < 4.78 is 1.70. The molecule has 0 radical (unpaired) electrons. The van der Waals surface area contributed by atoms with Gasteiger partial charge in [-0.15, -0.1) is 5.10 Å². The van der Waals surface area contributed by atoms with Gasteiger partial charge in [0, 0.05) is 18.5 Å². The van der Waals surface area contributed by atoms with E-state index in [2.05, 4.69) is 27.1 Å². The Morgan fingerprint density at radius 3 is 3.00 bits per heavy atom. The predicted octanol–water partition coefficient (Wildman–Crippen LogP) is 1.38. The van der Waals surface area contributed by atoms with E-state index in [-0.39, 0.29) is 11.7 Å². The number of aryl methyl sites for hydroxylation is 1. The van der Waals surface area contributed by atoms with Crippen molar-refractivity contribution in [2.45, 2.75) is 48.8 Å². The molecule has 2 aromatic heterocycles. The molecular weight excluding hydrogens is 276 g/mol. The van der Waals surface area contributed by atoms with Crippen LogP contribution in [0, 0.1) is 0 Å². The van der Waals surface area contributed by atoms with Gasteiger partial charge in [-0.1, -0.05) is 6.92 Å². The monoisotopic (exact) mass is 292 g/mol. The lowest BCUT2D eigenvalue weighted by Crippen LogP contribution is -2.16. The zero-order chi connectivity index (χ0) is 14.1. The molecular formula is C12H16N6OS. The lowest BCUT2D eigenvalue weighted by molar-refractivity contribution is 0.642. The van der Waals surface area contributed by atoms with Gasteiger partial charge in [-0.3, -0.25) is 4.57 Å². The van der Waals surface area contributed by atoms with Crippen LogP contribution in [0.5, 0.6) is 0 Å². The Morgan fingerprint density at radius 1 is 1.50 bits per heavy atom. The molecule has 1 fully saturated rings. The minimum absolute atomic E-state index is 0.161. The summed E-state index contributed by atoms with van der Waals surface area (Å²) in [6, 6.07) is 1.98. The van der Waals surface area contributed by atoms with Gasteiger partial charge in [0.15, 0.2) is 5.16 Å². The second-order valence-electron chi connectivity index (χ2n) is 4.81. The first kappa shape index (κ1) is 13.2. The van der Waals surface area contributed by atoms with E-state index in [0.717, 1.165) is 36.5 Å². The molecule has 0 atom stereocenters. The van der Waals surface area contributed by atoms with Crippen LogP contribution in [0.4, 0.5) is 5.82 Å². The number of aromatic amines is 1. The molecule has 0 spiro atoms. The lowest BCUT2D eigenvalue weighted by atomic mass is 10.3. The Morgan fingerprint density at radius 2 is 2.30 bits per heavy atom. The van der Waals surface area contributed by atoms with Gasteiger partial charge in [-0.2, -0.15) is 0 Å². The van der Waals surface area contributed by atoms with Gasteiger partial charge in [0.25, 0.3) is 0 Å². The molecule has 3 N–H and O–H groups in total. The largest absolute Gasteiger partial charge is 0.384 e. The van der Waals surface area contributed by atoms with E-state index in [1.807, 2.05) is 0 Å². The van der Waals surface area contributed by atoms with Crippen molar-refractivity contribution in [2.24, 2.45) is 0 Å². The van der Waals surface area contributed by atoms with Crippen molar-refractivity contribution in [3.63, 3.8) is 0 Å². The van der Waals surface area contributed by atoms with Gasteiger partial charge in [-0.25, -0.2) is 19.9 Å². The van der Waals surface area contributed by atoms with Crippen LogP contribution in [0.1, 0.15) is 38.1 Å². The quantitative estimate of drug-likeness (QED) is 0.807. The Labute approximate surface area is 120 Å². The van der Waals surface area contributed by atoms with Gasteiger partial charge < -0.3 is 5.73 Å². The van der Waals surface area contributed by atoms with E-state index in [1.165, 1.54) is 11.8 Å². The number of nitrogens with one attached hydrogen (secondary N) is 1. The third kappa shape index (κ3) is 2.69. The number of anilines is 1. The number of rotatable bonds is 5. The fourth-order valence-electron chi connectivity index (χ4n) is 1.99. The molecule has 0 saturated heterocycles. The summed E-state index contributed by atoms with van der Waals surface area (Å²) in [5.41, 5.74) is 5.64. The zero-order valence-corrected chi connectivity index (χ0v) is 12.0. The smallest absolute Gasteiger partial charge is 0.344 e. The molecule has 2 heterocycles. The van der Waals surface area contributed by atoms with Crippen molar-refractivity contribution in [3.8, 4) is 0 Å². The zero-order valence-electron chi connectivity index (χ0n) is 11.2. The lowest BCUT2D eigenvalue weighted by Gasteiger charge is -2.05. The topological polar surface area (TPSA) is 102 Å². The predicted molar refractivity (Wildman–Crippen MR) is 75.7 cm³/mol. The number of nitrogen functional groups attached to an aromatic ring is 1. The summed E-state index contributed by atoms with van der Waals surface area (Å²) in [7, 11) is 0. The number of hydrogen-bond acceptors (Lipinski definition) is 6. The van der Waals surface area contributed by atoms with Crippen LogP contribution in [0.25, 0.3) is 0 Å². The molecule has 2 aromatic rings. The fraction of sp³-hybridized carbons (Fsp3) is 0.500. The second kappa shape index (κ2) is 5.28. The average Bonchev–Trinajstić information content (AvgIpc) is 3.15. The highest BCUT2D eigenvalue weighted by molar-refractivity contribution is 7.99. The maximum Gasteiger partial charge on any atom is 0.344 e. The van der Waals surface area contributed by atoms with Gasteiger partial charge >= 0.3 is 5.69 Å². The minimum atomic E-state index is -0.161. The number of aromatic nitrogens is 5. The van der Waals surface area contributed by atoms with Crippen molar-refractivity contribution in [1.29, 1.82) is 0 Å². The summed E-state index contributed by atoms with van der Waals surface area (Å²) in [5.74, 6) is 1.17. The van der Waals surface area contributed by atoms with Crippen molar-refractivity contribution in [1.82, 2.24) is 24.7 Å². The first-order valence-corrected chi connectivity index (χ1v) is 7.47. The molecule has 0 amide bonds. The molecule has 106 valence electrons. The minimum Gasteiger partial charge on any atom is -0.384 e. The van der Waals surface area contributed by atoms with Crippen molar-refractivity contribution in [3.05, 3.63) is 22.4 Å². The van der Waals surface area contributed by atoms with Crippen LogP contribution in [0.15, 0.2) is 21.0 Å².